The van der Waals surface area contributed by atoms with Crippen LogP contribution < -0.4 is 0 Å². The van der Waals surface area contributed by atoms with Gasteiger partial charge in [0, 0.05) is 33.1 Å². The van der Waals surface area contributed by atoms with E-state index in [1.807, 2.05) is 42.5 Å². The maximum atomic E-state index is 12.4. The van der Waals surface area contributed by atoms with Crippen molar-refractivity contribution in [1.29, 1.82) is 0 Å². The number of halogens is 3. The SMILES string of the molecule is CN(Cc1ccc(Cl)cc1)C(=O)c1cc(Br)cc(Br)c1. The van der Waals surface area contributed by atoms with E-state index in [1.165, 1.54) is 0 Å². The van der Waals surface area contributed by atoms with Gasteiger partial charge in [0.2, 0.25) is 0 Å². The quantitative estimate of drug-likeness (QED) is 0.677. The van der Waals surface area contributed by atoms with Gasteiger partial charge in [0.05, 0.1) is 0 Å². The molecule has 0 saturated heterocycles. The van der Waals surface area contributed by atoms with E-state index < -0.39 is 0 Å². The summed E-state index contributed by atoms with van der Waals surface area (Å²) < 4.78 is 1.74. The summed E-state index contributed by atoms with van der Waals surface area (Å²) in [6.07, 6.45) is 0. The van der Waals surface area contributed by atoms with E-state index in [-0.39, 0.29) is 5.91 Å². The number of carbonyl (C=O) groups is 1. The number of hydrogen-bond acceptors (Lipinski definition) is 1. The molecule has 0 aromatic heterocycles. The highest BCUT2D eigenvalue weighted by Gasteiger charge is 2.13. The first kappa shape index (κ1) is 15.5. The second-order valence-corrected chi connectivity index (χ2v) is 6.71. The fraction of sp³-hybridized carbons (Fsp3) is 0.133. The highest BCUT2D eigenvalue weighted by molar-refractivity contribution is 9.11. The van der Waals surface area contributed by atoms with Crippen LogP contribution in [0.25, 0.3) is 0 Å². The molecular weight excluding hydrogens is 405 g/mol. The van der Waals surface area contributed by atoms with Gasteiger partial charge in [-0.3, -0.25) is 4.79 Å². The summed E-state index contributed by atoms with van der Waals surface area (Å²) in [7, 11) is 1.78. The second kappa shape index (κ2) is 6.74. The number of benzene rings is 2. The number of amides is 1. The monoisotopic (exact) mass is 415 g/mol. The fourth-order valence-corrected chi connectivity index (χ4v) is 3.25. The molecule has 0 aliphatic heterocycles. The van der Waals surface area contributed by atoms with E-state index >= 15 is 0 Å². The summed E-state index contributed by atoms with van der Waals surface area (Å²) >= 11 is 12.6. The van der Waals surface area contributed by atoms with Crippen LogP contribution in [0.4, 0.5) is 0 Å². The lowest BCUT2D eigenvalue weighted by Gasteiger charge is -2.17. The smallest absolute Gasteiger partial charge is 0.253 e. The summed E-state index contributed by atoms with van der Waals surface area (Å²) in [5.74, 6) is -0.0260. The van der Waals surface area contributed by atoms with Crippen LogP contribution in [-0.2, 0) is 6.54 Å². The molecule has 2 nitrogen and oxygen atoms in total. The van der Waals surface area contributed by atoms with Gasteiger partial charge in [0.1, 0.15) is 0 Å². The Labute approximate surface area is 140 Å². The van der Waals surface area contributed by atoms with Gasteiger partial charge in [-0.25, -0.2) is 0 Å². The zero-order valence-electron chi connectivity index (χ0n) is 10.7. The third-order valence-electron chi connectivity index (χ3n) is 2.79. The molecule has 0 bridgehead atoms. The topological polar surface area (TPSA) is 20.3 Å². The second-order valence-electron chi connectivity index (χ2n) is 4.45. The van der Waals surface area contributed by atoms with Crippen LogP contribution in [-0.4, -0.2) is 17.9 Å². The highest BCUT2D eigenvalue weighted by Crippen LogP contribution is 2.21. The van der Waals surface area contributed by atoms with Gasteiger partial charge in [0.25, 0.3) is 5.91 Å². The summed E-state index contributed by atoms with van der Waals surface area (Å²) in [4.78, 5) is 14.1. The third-order valence-corrected chi connectivity index (χ3v) is 3.96. The van der Waals surface area contributed by atoms with Crippen molar-refractivity contribution in [2.75, 3.05) is 7.05 Å². The Bertz CT molecular complexity index is 608. The van der Waals surface area contributed by atoms with E-state index in [0.717, 1.165) is 14.5 Å². The van der Waals surface area contributed by atoms with Gasteiger partial charge in [-0.15, -0.1) is 0 Å². The van der Waals surface area contributed by atoms with Crippen molar-refractivity contribution >= 4 is 49.4 Å². The Morgan fingerprint density at radius 1 is 1.10 bits per heavy atom. The number of hydrogen-bond donors (Lipinski definition) is 0. The first-order chi connectivity index (χ1) is 9.45. The minimum atomic E-state index is -0.0260. The summed E-state index contributed by atoms with van der Waals surface area (Å²) in [6, 6.07) is 13.0. The normalized spacial score (nSPS) is 10.4. The summed E-state index contributed by atoms with van der Waals surface area (Å²) in [5.41, 5.74) is 1.68. The van der Waals surface area contributed by atoms with Crippen LogP contribution in [0.3, 0.4) is 0 Å². The number of rotatable bonds is 3. The van der Waals surface area contributed by atoms with Crippen LogP contribution in [0, 0.1) is 0 Å². The standard InChI is InChI=1S/C15H12Br2ClNO/c1-19(9-10-2-4-14(18)5-3-10)15(20)11-6-12(16)8-13(17)7-11/h2-8H,9H2,1H3. The Morgan fingerprint density at radius 2 is 1.65 bits per heavy atom. The van der Waals surface area contributed by atoms with Gasteiger partial charge < -0.3 is 4.90 Å². The third kappa shape index (κ3) is 4.08. The largest absolute Gasteiger partial charge is 0.337 e. The van der Waals surface area contributed by atoms with Gasteiger partial charge >= 0.3 is 0 Å². The van der Waals surface area contributed by atoms with Gasteiger partial charge in [-0.05, 0) is 35.9 Å². The first-order valence-electron chi connectivity index (χ1n) is 5.92. The van der Waals surface area contributed by atoms with Crippen molar-refractivity contribution in [1.82, 2.24) is 4.90 Å². The molecule has 20 heavy (non-hydrogen) atoms. The van der Waals surface area contributed by atoms with Gasteiger partial charge in [-0.1, -0.05) is 55.6 Å². The van der Waals surface area contributed by atoms with E-state index in [2.05, 4.69) is 31.9 Å². The van der Waals surface area contributed by atoms with Crippen molar-refractivity contribution < 1.29 is 4.79 Å². The molecule has 0 unspecified atom stereocenters. The van der Waals surface area contributed by atoms with Crippen LogP contribution in [0.1, 0.15) is 15.9 Å². The zero-order valence-corrected chi connectivity index (χ0v) is 14.7. The molecule has 1 amide bonds. The Hall–Kier alpha value is -0.840. The zero-order chi connectivity index (χ0) is 14.7. The van der Waals surface area contributed by atoms with E-state index in [0.29, 0.717) is 17.1 Å². The lowest BCUT2D eigenvalue weighted by atomic mass is 10.1. The minimum Gasteiger partial charge on any atom is -0.337 e. The maximum Gasteiger partial charge on any atom is 0.253 e. The van der Waals surface area contributed by atoms with Crippen molar-refractivity contribution in [2.24, 2.45) is 0 Å². The minimum absolute atomic E-state index is 0.0260. The number of carbonyl (C=O) groups excluding carboxylic acids is 1. The molecule has 5 heteroatoms. The Morgan fingerprint density at radius 3 is 2.20 bits per heavy atom. The molecule has 0 saturated carbocycles. The van der Waals surface area contributed by atoms with Crippen molar-refractivity contribution in [3.63, 3.8) is 0 Å². The van der Waals surface area contributed by atoms with Crippen LogP contribution in [0.2, 0.25) is 5.02 Å². The van der Waals surface area contributed by atoms with E-state index in [4.69, 9.17) is 11.6 Å². The van der Waals surface area contributed by atoms with Gasteiger partial charge in [-0.2, -0.15) is 0 Å². The average molecular weight is 418 g/mol. The predicted molar refractivity (Wildman–Crippen MR) is 89.1 cm³/mol. The molecule has 0 radical (unpaired) electrons. The molecule has 2 aromatic carbocycles. The van der Waals surface area contributed by atoms with E-state index in [9.17, 15) is 4.79 Å². The predicted octanol–water partition coefficient (Wildman–Crippen LogP) is 5.14. The van der Waals surface area contributed by atoms with Crippen LogP contribution >= 0.6 is 43.5 Å². The number of nitrogens with zero attached hydrogens (tertiary/aromatic N) is 1. The average Bonchev–Trinajstić information content (AvgIpc) is 2.39. The summed E-state index contributed by atoms with van der Waals surface area (Å²) in [6.45, 7) is 0.542. The van der Waals surface area contributed by atoms with Crippen molar-refractivity contribution in [3.05, 3.63) is 67.6 Å². The van der Waals surface area contributed by atoms with Crippen molar-refractivity contribution in [3.8, 4) is 0 Å². The fourth-order valence-electron chi connectivity index (χ4n) is 1.83. The molecule has 0 aliphatic carbocycles. The lowest BCUT2D eigenvalue weighted by molar-refractivity contribution is 0.0785. The van der Waals surface area contributed by atoms with Crippen molar-refractivity contribution in [2.45, 2.75) is 6.54 Å². The molecule has 0 spiro atoms. The van der Waals surface area contributed by atoms with Crippen LogP contribution in [0.5, 0.6) is 0 Å². The highest BCUT2D eigenvalue weighted by atomic mass is 79.9. The molecular formula is C15H12Br2ClNO. The molecule has 104 valence electrons. The molecule has 0 aliphatic rings. The first-order valence-corrected chi connectivity index (χ1v) is 7.88. The molecule has 0 heterocycles. The van der Waals surface area contributed by atoms with Crippen LogP contribution in [0.15, 0.2) is 51.4 Å². The lowest BCUT2D eigenvalue weighted by Crippen LogP contribution is -2.26. The maximum absolute atomic E-state index is 12.4. The molecule has 0 N–H and O–H groups in total. The van der Waals surface area contributed by atoms with Gasteiger partial charge in [0.15, 0.2) is 0 Å². The molecule has 2 rings (SSSR count). The molecule has 0 fully saturated rings. The molecule has 0 atom stereocenters. The summed E-state index contributed by atoms with van der Waals surface area (Å²) in [5, 5.41) is 0.693. The Balaban J connectivity index is 2.14. The Kier molecular flexibility index (Phi) is 5.24. The molecule has 2 aromatic rings. The van der Waals surface area contributed by atoms with E-state index in [1.54, 1.807) is 11.9 Å².